The van der Waals surface area contributed by atoms with Crippen LogP contribution < -0.4 is 19.6 Å². The molecule has 110 heavy (non-hydrogen) atoms. The summed E-state index contributed by atoms with van der Waals surface area (Å²) in [6.07, 6.45) is 8.77. The van der Waals surface area contributed by atoms with Crippen molar-refractivity contribution in [2.75, 3.05) is 19.6 Å². The third kappa shape index (κ3) is 13.7. The number of aryl methyl sites for hydroxylation is 1. The third-order valence-electron chi connectivity index (χ3n) is 21.6. The van der Waals surface area contributed by atoms with E-state index >= 15 is 0 Å². The van der Waals surface area contributed by atoms with Gasteiger partial charge in [0.05, 0.1) is 0 Å². The SMILES string of the molecule is Cc1cccc(N(c2ccc(-c3ccc(C=Cc4ccc(N(c5ccccc5)c5ccccc5)cc4)cc3)cc2)c2ccc3c(-c4ccc5c(c4)-c4ccc(N(c6ccc(-c7ccc(C=Cc8ccc(N(c9ccccc9)c9ccccc9)cc8)cc7)cc6)c6ccc7ccccc7c6)cc4C5(C)C)cccc3c2)c1. The first-order valence-electron chi connectivity index (χ1n) is 37.9. The second-order valence-electron chi connectivity index (χ2n) is 29.1. The van der Waals surface area contributed by atoms with Gasteiger partial charge in [-0.15, -0.1) is 0 Å². The van der Waals surface area contributed by atoms with Gasteiger partial charge in [0.1, 0.15) is 0 Å². The number of rotatable bonds is 19. The first-order valence-corrected chi connectivity index (χ1v) is 37.9. The summed E-state index contributed by atoms with van der Waals surface area (Å²) in [4.78, 5) is 9.39. The topological polar surface area (TPSA) is 13.0 Å². The molecule has 18 rings (SSSR count). The minimum absolute atomic E-state index is 0.254. The molecule has 17 aromatic rings. The molecule has 0 N–H and O–H groups in total. The summed E-state index contributed by atoms with van der Waals surface area (Å²) in [5.41, 5.74) is 31.2. The zero-order valence-corrected chi connectivity index (χ0v) is 61.8. The van der Waals surface area contributed by atoms with Crippen LogP contribution in [0.4, 0.5) is 68.2 Å². The molecule has 0 aromatic heterocycles. The van der Waals surface area contributed by atoms with Gasteiger partial charge in [-0.2, -0.15) is 0 Å². The van der Waals surface area contributed by atoms with Gasteiger partial charge < -0.3 is 19.6 Å². The predicted octanol–water partition coefficient (Wildman–Crippen LogP) is 29.8. The molecule has 17 aromatic carbocycles. The highest BCUT2D eigenvalue weighted by Gasteiger charge is 2.37. The van der Waals surface area contributed by atoms with E-state index < -0.39 is 0 Å². The molecule has 4 nitrogen and oxygen atoms in total. The molecule has 0 fully saturated rings. The van der Waals surface area contributed by atoms with E-state index in [0.717, 1.165) is 102 Å². The van der Waals surface area contributed by atoms with Gasteiger partial charge >= 0.3 is 0 Å². The Kier molecular flexibility index (Phi) is 18.3. The molecule has 0 heterocycles. The van der Waals surface area contributed by atoms with E-state index in [1.54, 1.807) is 0 Å². The van der Waals surface area contributed by atoms with Crippen LogP contribution in [0.1, 0.15) is 52.8 Å². The molecule has 0 amide bonds. The largest absolute Gasteiger partial charge is 0.311 e. The van der Waals surface area contributed by atoms with Crippen molar-refractivity contribution in [2.24, 2.45) is 0 Å². The van der Waals surface area contributed by atoms with E-state index in [1.807, 2.05) is 0 Å². The number of hydrogen-bond acceptors (Lipinski definition) is 4. The molecule has 0 radical (unpaired) electrons. The van der Waals surface area contributed by atoms with Crippen molar-refractivity contribution in [3.05, 3.63) is 445 Å². The Bertz CT molecular complexity index is 6110. The summed E-state index contributed by atoms with van der Waals surface area (Å²) in [5.74, 6) is 0. The van der Waals surface area contributed by atoms with Crippen molar-refractivity contribution >= 4 is 114 Å². The molecule has 0 saturated carbocycles. The maximum atomic E-state index is 2.44. The monoisotopic (exact) mass is 1410 g/mol. The van der Waals surface area contributed by atoms with Crippen LogP contribution in [0.3, 0.4) is 0 Å². The van der Waals surface area contributed by atoms with Crippen molar-refractivity contribution in [3.8, 4) is 44.5 Å². The summed E-state index contributed by atoms with van der Waals surface area (Å²) >= 11 is 0. The van der Waals surface area contributed by atoms with Gasteiger partial charge in [-0.3, -0.25) is 0 Å². The van der Waals surface area contributed by atoms with Crippen LogP contribution in [0.5, 0.6) is 0 Å². The second kappa shape index (κ2) is 29.7. The van der Waals surface area contributed by atoms with E-state index in [1.165, 1.54) is 71.6 Å². The number of fused-ring (bicyclic) bond motifs is 5. The zero-order valence-electron chi connectivity index (χ0n) is 61.8. The van der Waals surface area contributed by atoms with Crippen molar-refractivity contribution in [1.29, 1.82) is 0 Å². The second-order valence-corrected chi connectivity index (χ2v) is 29.1. The molecule has 0 aliphatic heterocycles. The Hall–Kier alpha value is -14.1. The lowest BCUT2D eigenvalue weighted by Gasteiger charge is -2.28. The highest BCUT2D eigenvalue weighted by Crippen LogP contribution is 2.53. The van der Waals surface area contributed by atoms with Gasteiger partial charge in [0.2, 0.25) is 0 Å². The van der Waals surface area contributed by atoms with Gasteiger partial charge in [-0.25, -0.2) is 0 Å². The molecule has 0 unspecified atom stereocenters. The molecule has 0 saturated heterocycles. The highest BCUT2D eigenvalue weighted by atomic mass is 15.2. The van der Waals surface area contributed by atoms with Crippen molar-refractivity contribution in [2.45, 2.75) is 26.2 Å². The summed E-state index contributed by atoms with van der Waals surface area (Å²) < 4.78 is 0. The Morgan fingerprint density at radius 1 is 0.200 bits per heavy atom. The molecule has 0 bridgehead atoms. The van der Waals surface area contributed by atoms with Crippen molar-refractivity contribution in [1.82, 2.24) is 0 Å². The quantitative estimate of drug-likeness (QED) is 0.0748. The van der Waals surface area contributed by atoms with E-state index in [9.17, 15) is 0 Å². The van der Waals surface area contributed by atoms with Crippen LogP contribution in [0.2, 0.25) is 0 Å². The summed E-state index contributed by atoms with van der Waals surface area (Å²) in [6, 6.07) is 148. The smallest absolute Gasteiger partial charge is 0.0468 e. The lowest BCUT2D eigenvalue weighted by Crippen LogP contribution is -2.16. The Morgan fingerprint density at radius 2 is 0.527 bits per heavy atom. The maximum absolute atomic E-state index is 2.44. The van der Waals surface area contributed by atoms with Gasteiger partial charge in [0.15, 0.2) is 0 Å². The Balaban J connectivity index is 0.587. The summed E-state index contributed by atoms with van der Waals surface area (Å²) in [5, 5.41) is 4.81. The van der Waals surface area contributed by atoms with Crippen LogP contribution in [0.25, 0.3) is 90.4 Å². The minimum Gasteiger partial charge on any atom is -0.311 e. The fraction of sp³-hybridized carbons (Fsp3) is 0.0377. The molecule has 1 aliphatic rings. The standard InChI is InChI=1S/C106H80N4/c1-75-20-18-32-96(70-75)109(94-60-50-83(51-61-94)81-46-38-76(39-47-81)34-36-78-42-56-92(57-43-78)107(88-24-8-4-9-25-88)89-26-10-5-11-27-89)98-65-67-101-86(72-98)23-19-33-100(101)87-55-69-104-103(73-87)102-68-66-99(74-105(102)106(104,2)3)110(97-64-54-80-21-16-17-22-85(80)71-97)95-62-52-84(53-63-95)82-48-40-77(41-49-82)35-37-79-44-58-93(59-45-79)108(90-28-12-6-13-29-90)91-30-14-7-15-31-91/h4-74H,1-3H3. The molecule has 524 valence electrons. The lowest BCUT2D eigenvalue weighted by atomic mass is 9.82. The third-order valence-corrected chi connectivity index (χ3v) is 21.6. The number of hydrogen-bond donors (Lipinski definition) is 0. The van der Waals surface area contributed by atoms with Crippen LogP contribution in [0, 0.1) is 6.92 Å². The maximum Gasteiger partial charge on any atom is 0.0468 e. The number of benzene rings is 17. The summed E-state index contributed by atoms with van der Waals surface area (Å²) in [7, 11) is 0. The summed E-state index contributed by atoms with van der Waals surface area (Å²) in [6.45, 7) is 6.94. The van der Waals surface area contributed by atoms with Crippen LogP contribution in [-0.4, -0.2) is 0 Å². The van der Waals surface area contributed by atoms with Gasteiger partial charge in [-0.05, 0) is 264 Å². The zero-order chi connectivity index (χ0) is 73.9. The van der Waals surface area contributed by atoms with Crippen LogP contribution >= 0.6 is 0 Å². The van der Waals surface area contributed by atoms with Gasteiger partial charge in [-0.1, -0.05) is 293 Å². The van der Waals surface area contributed by atoms with Crippen LogP contribution in [-0.2, 0) is 5.41 Å². The first-order chi connectivity index (χ1) is 54.1. The molecule has 0 spiro atoms. The van der Waals surface area contributed by atoms with Crippen molar-refractivity contribution < 1.29 is 0 Å². The molecular formula is C106H80N4. The molecular weight excluding hydrogens is 1330 g/mol. The Morgan fingerprint density at radius 3 is 1.00 bits per heavy atom. The van der Waals surface area contributed by atoms with Gasteiger partial charge in [0.25, 0.3) is 0 Å². The predicted molar refractivity (Wildman–Crippen MR) is 470 cm³/mol. The van der Waals surface area contributed by atoms with Gasteiger partial charge in [0, 0.05) is 73.7 Å². The lowest BCUT2D eigenvalue weighted by molar-refractivity contribution is 0.660. The number of para-hydroxylation sites is 4. The van der Waals surface area contributed by atoms with E-state index in [2.05, 4.69) is 471 Å². The highest BCUT2D eigenvalue weighted by molar-refractivity contribution is 6.01. The van der Waals surface area contributed by atoms with E-state index in [0.29, 0.717) is 0 Å². The average molecular weight is 1410 g/mol. The fourth-order valence-corrected chi connectivity index (χ4v) is 15.9. The first kappa shape index (κ1) is 67.8. The van der Waals surface area contributed by atoms with Crippen LogP contribution in [0.15, 0.2) is 406 Å². The van der Waals surface area contributed by atoms with E-state index in [-0.39, 0.29) is 5.41 Å². The average Bonchev–Trinajstić information content (AvgIpc) is 1.56. The molecule has 4 heteroatoms. The van der Waals surface area contributed by atoms with E-state index in [4.69, 9.17) is 0 Å². The minimum atomic E-state index is -0.254. The fourth-order valence-electron chi connectivity index (χ4n) is 15.9. The number of anilines is 12. The molecule has 1 aliphatic carbocycles. The number of nitrogens with zero attached hydrogens (tertiary/aromatic N) is 4. The Labute approximate surface area is 645 Å². The molecule has 0 atom stereocenters. The van der Waals surface area contributed by atoms with Crippen molar-refractivity contribution in [3.63, 3.8) is 0 Å². The normalized spacial score (nSPS) is 12.1.